The minimum Gasteiger partial charge on any atom is -0.367 e. The van der Waals surface area contributed by atoms with Gasteiger partial charge >= 0.3 is 0 Å². The Morgan fingerprint density at radius 2 is 1.06 bits per heavy atom. The summed E-state index contributed by atoms with van der Waals surface area (Å²) in [6.07, 6.45) is 1.70. The van der Waals surface area contributed by atoms with Crippen LogP contribution in [0.4, 0.5) is 0 Å². The van der Waals surface area contributed by atoms with Gasteiger partial charge in [-0.15, -0.1) is 0 Å². The Balaban J connectivity index is 5.33. The van der Waals surface area contributed by atoms with Gasteiger partial charge in [0.15, 0.2) is 0 Å². The van der Waals surface area contributed by atoms with Crippen LogP contribution in [-0.4, -0.2) is 23.0 Å². The van der Waals surface area contributed by atoms with E-state index < -0.39 is 23.0 Å². The topological polar surface area (TPSA) is 95.4 Å². The molecule has 5 heteroatoms. The van der Waals surface area contributed by atoms with Crippen molar-refractivity contribution in [2.24, 2.45) is 11.5 Å². The van der Waals surface area contributed by atoms with Crippen molar-refractivity contribution in [3.63, 3.8) is 0 Å². The first-order valence-electron chi connectivity index (χ1n) is 6.14. The molecule has 0 aromatic carbocycles. The largest absolute Gasteiger partial charge is 0.367 e. The van der Waals surface area contributed by atoms with Gasteiger partial charge in [0.05, 0.1) is 0 Å². The number of ether oxygens (including phenoxy) is 1. The zero-order chi connectivity index (χ0) is 13.7. The number of rotatable bonds is 8. The maximum absolute atomic E-state index is 11.6. The third-order valence-corrected chi connectivity index (χ3v) is 3.57. The van der Waals surface area contributed by atoms with Gasteiger partial charge in [0.25, 0.3) is 0 Å². The SMILES string of the molecule is CCC(CC)(OC(CC)(CC)C(N)=O)C(N)=O. The summed E-state index contributed by atoms with van der Waals surface area (Å²) in [5, 5.41) is 0. The van der Waals surface area contributed by atoms with Crippen LogP contribution in [0, 0.1) is 0 Å². The highest BCUT2D eigenvalue weighted by Crippen LogP contribution is 2.31. The van der Waals surface area contributed by atoms with Gasteiger partial charge < -0.3 is 16.2 Å². The lowest BCUT2D eigenvalue weighted by Gasteiger charge is -2.39. The van der Waals surface area contributed by atoms with E-state index in [1.807, 2.05) is 27.7 Å². The van der Waals surface area contributed by atoms with E-state index in [1.54, 1.807) is 0 Å². The molecule has 100 valence electrons. The van der Waals surface area contributed by atoms with E-state index in [1.165, 1.54) is 0 Å². The molecule has 0 unspecified atom stereocenters. The maximum Gasteiger partial charge on any atom is 0.249 e. The van der Waals surface area contributed by atoms with Crippen molar-refractivity contribution in [3.8, 4) is 0 Å². The minimum absolute atomic E-state index is 0.424. The Labute approximate surface area is 103 Å². The van der Waals surface area contributed by atoms with Gasteiger partial charge in [-0.1, -0.05) is 27.7 Å². The molecule has 0 fully saturated rings. The first kappa shape index (κ1) is 15.9. The van der Waals surface area contributed by atoms with Crippen molar-refractivity contribution in [2.75, 3.05) is 0 Å². The third-order valence-electron chi connectivity index (χ3n) is 3.57. The fourth-order valence-corrected chi connectivity index (χ4v) is 1.96. The second-order valence-electron chi connectivity index (χ2n) is 4.23. The van der Waals surface area contributed by atoms with Crippen LogP contribution >= 0.6 is 0 Å². The Kier molecular flexibility index (Phi) is 5.61. The second-order valence-corrected chi connectivity index (χ2v) is 4.23. The average molecular weight is 244 g/mol. The lowest BCUT2D eigenvalue weighted by molar-refractivity contribution is -0.185. The summed E-state index contributed by atoms with van der Waals surface area (Å²) in [5.74, 6) is -1.09. The van der Waals surface area contributed by atoms with E-state index in [-0.39, 0.29) is 0 Å². The first-order chi connectivity index (χ1) is 7.84. The van der Waals surface area contributed by atoms with E-state index in [9.17, 15) is 9.59 Å². The molecule has 0 aliphatic heterocycles. The molecule has 0 rings (SSSR count). The number of primary amides is 2. The van der Waals surface area contributed by atoms with Gasteiger partial charge in [-0.05, 0) is 25.7 Å². The number of carbonyl (C=O) groups is 2. The predicted molar refractivity (Wildman–Crippen MR) is 66.1 cm³/mol. The van der Waals surface area contributed by atoms with Crippen molar-refractivity contribution in [2.45, 2.75) is 64.6 Å². The van der Waals surface area contributed by atoms with Gasteiger partial charge in [0, 0.05) is 0 Å². The van der Waals surface area contributed by atoms with Crippen LogP contribution < -0.4 is 11.5 Å². The monoisotopic (exact) mass is 244 g/mol. The lowest BCUT2D eigenvalue weighted by atomic mass is 9.90. The highest BCUT2D eigenvalue weighted by atomic mass is 16.5. The third kappa shape index (κ3) is 2.97. The van der Waals surface area contributed by atoms with E-state index in [0.29, 0.717) is 25.7 Å². The Morgan fingerprint density at radius 3 is 1.18 bits per heavy atom. The Bertz CT molecular complexity index is 253. The molecule has 0 saturated heterocycles. The average Bonchev–Trinajstić information content (AvgIpc) is 2.31. The van der Waals surface area contributed by atoms with E-state index in [0.717, 1.165) is 0 Å². The van der Waals surface area contributed by atoms with Gasteiger partial charge in [0.1, 0.15) is 11.2 Å². The molecule has 4 N–H and O–H groups in total. The van der Waals surface area contributed by atoms with Gasteiger partial charge in [0.2, 0.25) is 11.8 Å². The molecule has 17 heavy (non-hydrogen) atoms. The van der Waals surface area contributed by atoms with Gasteiger partial charge in [-0.2, -0.15) is 0 Å². The molecule has 0 saturated carbocycles. The van der Waals surface area contributed by atoms with Crippen LogP contribution in [0.15, 0.2) is 0 Å². The molecule has 0 spiro atoms. The maximum atomic E-state index is 11.6. The molecular formula is C12H24N2O3. The molecule has 0 bridgehead atoms. The fourth-order valence-electron chi connectivity index (χ4n) is 1.96. The summed E-state index contributed by atoms with van der Waals surface area (Å²) in [4.78, 5) is 23.1. The number of hydrogen-bond acceptors (Lipinski definition) is 3. The molecule has 0 heterocycles. The smallest absolute Gasteiger partial charge is 0.249 e. The number of amides is 2. The van der Waals surface area contributed by atoms with Crippen LogP contribution in [0.1, 0.15) is 53.4 Å². The molecule has 0 aromatic rings. The summed E-state index contributed by atoms with van der Waals surface area (Å²) < 4.78 is 5.80. The zero-order valence-corrected chi connectivity index (χ0v) is 11.2. The summed E-state index contributed by atoms with van der Waals surface area (Å²) in [6.45, 7) is 7.24. The highest BCUT2D eigenvalue weighted by molar-refractivity contribution is 5.86. The molecule has 0 aliphatic rings. The normalized spacial score (nSPS) is 12.5. The van der Waals surface area contributed by atoms with E-state index in [4.69, 9.17) is 16.2 Å². The standard InChI is InChI=1S/C12H24N2O3/c1-5-11(6-2,9(13)15)17-12(7-3,8-4)10(14)16/h5-8H2,1-4H3,(H2,13,15)(H2,14,16). The van der Waals surface area contributed by atoms with Gasteiger partial charge in [-0.25, -0.2) is 0 Å². The summed E-state index contributed by atoms with van der Waals surface area (Å²) >= 11 is 0. The van der Waals surface area contributed by atoms with Crippen LogP contribution in [0.25, 0.3) is 0 Å². The van der Waals surface area contributed by atoms with Crippen molar-refractivity contribution in [1.82, 2.24) is 0 Å². The van der Waals surface area contributed by atoms with Crippen LogP contribution in [-0.2, 0) is 14.3 Å². The molecular weight excluding hydrogens is 220 g/mol. The second kappa shape index (κ2) is 6.00. The highest BCUT2D eigenvalue weighted by Gasteiger charge is 2.45. The quantitative estimate of drug-likeness (QED) is 0.669. The number of carbonyl (C=O) groups excluding carboxylic acids is 2. The fraction of sp³-hybridized carbons (Fsp3) is 0.833. The summed E-state index contributed by atoms with van der Waals surface area (Å²) in [5.41, 5.74) is 8.57. The molecule has 5 nitrogen and oxygen atoms in total. The van der Waals surface area contributed by atoms with Gasteiger partial charge in [-0.3, -0.25) is 9.59 Å². The molecule has 0 atom stereocenters. The molecule has 2 amide bonds. The predicted octanol–water partition coefficient (Wildman–Crippen LogP) is 1.09. The van der Waals surface area contributed by atoms with Crippen LogP contribution in [0.2, 0.25) is 0 Å². The van der Waals surface area contributed by atoms with Crippen molar-refractivity contribution >= 4 is 11.8 Å². The summed E-state index contributed by atoms with van der Waals surface area (Å²) in [7, 11) is 0. The van der Waals surface area contributed by atoms with E-state index in [2.05, 4.69) is 0 Å². The minimum atomic E-state index is -1.11. The van der Waals surface area contributed by atoms with Crippen molar-refractivity contribution < 1.29 is 14.3 Å². The number of hydrogen-bond donors (Lipinski definition) is 2. The summed E-state index contributed by atoms with van der Waals surface area (Å²) in [6, 6.07) is 0. The van der Waals surface area contributed by atoms with Crippen LogP contribution in [0.5, 0.6) is 0 Å². The van der Waals surface area contributed by atoms with Crippen molar-refractivity contribution in [3.05, 3.63) is 0 Å². The number of nitrogens with two attached hydrogens (primary N) is 2. The first-order valence-corrected chi connectivity index (χ1v) is 6.14. The Morgan fingerprint density at radius 1 is 0.824 bits per heavy atom. The molecule has 0 aliphatic carbocycles. The zero-order valence-electron chi connectivity index (χ0n) is 11.2. The van der Waals surface area contributed by atoms with Crippen molar-refractivity contribution in [1.29, 1.82) is 0 Å². The Hall–Kier alpha value is -1.10. The molecule has 0 aromatic heterocycles. The van der Waals surface area contributed by atoms with Crippen LogP contribution in [0.3, 0.4) is 0 Å². The van der Waals surface area contributed by atoms with E-state index >= 15 is 0 Å². The molecule has 0 radical (unpaired) electrons. The lowest BCUT2D eigenvalue weighted by Crippen LogP contribution is -2.56.